The van der Waals surface area contributed by atoms with E-state index in [1.807, 2.05) is 13.0 Å². The number of ketones is 2. The van der Waals surface area contributed by atoms with E-state index in [0.717, 1.165) is 24.8 Å². The number of hydrogen-bond donors (Lipinski definition) is 2. The molecule has 0 bridgehead atoms. The highest BCUT2D eigenvalue weighted by Gasteiger charge is 2.81. The maximum absolute atomic E-state index is 12.4. The first kappa shape index (κ1) is 16.8. The van der Waals surface area contributed by atoms with Gasteiger partial charge in [0.25, 0.3) is 0 Å². The molecule has 1 saturated heterocycles. The van der Waals surface area contributed by atoms with Crippen molar-refractivity contribution in [3.63, 3.8) is 0 Å². The van der Waals surface area contributed by atoms with Gasteiger partial charge in [0.15, 0.2) is 11.6 Å². The van der Waals surface area contributed by atoms with Crippen LogP contribution in [0.15, 0.2) is 23.8 Å². The van der Waals surface area contributed by atoms with Gasteiger partial charge in [0, 0.05) is 10.8 Å². The van der Waals surface area contributed by atoms with Crippen LogP contribution >= 0.6 is 0 Å². The molecule has 1 heterocycles. The summed E-state index contributed by atoms with van der Waals surface area (Å²) >= 11 is 0. The Morgan fingerprint density at radius 1 is 1.31 bits per heavy atom. The van der Waals surface area contributed by atoms with E-state index in [1.165, 1.54) is 0 Å². The fraction of sp³-hybridized carbons (Fsp3) is 0.714. The minimum absolute atomic E-state index is 0.0172. The molecule has 5 aliphatic rings. The number of fused-ring (bicyclic) bond motifs is 3. The van der Waals surface area contributed by atoms with Crippen LogP contribution in [0.4, 0.5) is 0 Å². The molecule has 2 N–H and O–H groups in total. The summed E-state index contributed by atoms with van der Waals surface area (Å²) in [5.41, 5.74) is -1.45. The van der Waals surface area contributed by atoms with E-state index in [4.69, 9.17) is 4.74 Å². The monoisotopic (exact) mass is 358 g/mol. The van der Waals surface area contributed by atoms with Gasteiger partial charge in [-0.05, 0) is 63.0 Å². The Hall–Kier alpha value is -1.30. The largest absolute Gasteiger partial charge is 0.388 e. The Kier molecular flexibility index (Phi) is 3.08. The summed E-state index contributed by atoms with van der Waals surface area (Å²) in [5, 5.41) is 20.6. The first-order valence-corrected chi connectivity index (χ1v) is 9.71. The van der Waals surface area contributed by atoms with Crippen molar-refractivity contribution in [1.82, 2.24) is 0 Å². The van der Waals surface area contributed by atoms with E-state index in [-0.39, 0.29) is 34.7 Å². The van der Waals surface area contributed by atoms with Crippen molar-refractivity contribution in [3.8, 4) is 0 Å². The van der Waals surface area contributed by atoms with Gasteiger partial charge in [-0.15, -0.1) is 0 Å². The third-order valence-corrected chi connectivity index (χ3v) is 8.69. The predicted molar refractivity (Wildman–Crippen MR) is 93.2 cm³/mol. The number of aliphatic hydroxyl groups is 2. The van der Waals surface area contributed by atoms with Gasteiger partial charge < -0.3 is 14.9 Å². The molecule has 0 aromatic heterocycles. The van der Waals surface area contributed by atoms with E-state index in [1.54, 1.807) is 12.2 Å². The Morgan fingerprint density at radius 3 is 2.81 bits per heavy atom. The standard InChI is InChI=1S/C21H26O5/c1-18-7-5-13(23)9-12(18)3-4-15-14-6-8-20(25,16(24)11-22)19(14,2)10-17-21(15,18)26-17/h5,7,9,14-15,17,22,25H,3-4,6,8,10-11H2,1-2H3/t14-,15+,17+,18+,19+,20-,21-/m0/s1. The summed E-state index contributed by atoms with van der Waals surface area (Å²) in [4.78, 5) is 24.3. The molecule has 0 aromatic carbocycles. The molecule has 26 heavy (non-hydrogen) atoms. The maximum Gasteiger partial charge on any atom is 0.190 e. The average Bonchev–Trinajstić information content (AvgIpc) is 3.27. The van der Waals surface area contributed by atoms with Crippen LogP contribution in [-0.4, -0.2) is 45.7 Å². The number of epoxide rings is 1. The molecular weight excluding hydrogens is 332 g/mol. The number of carbonyl (C=O) groups excluding carboxylic acids is 2. The Bertz CT molecular complexity index is 783. The van der Waals surface area contributed by atoms with Crippen molar-refractivity contribution < 1.29 is 24.5 Å². The molecule has 0 unspecified atom stereocenters. The highest BCUT2D eigenvalue weighted by Crippen LogP contribution is 2.75. The third kappa shape index (κ3) is 1.60. The third-order valence-electron chi connectivity index (χ3n) is 8.69. The zero-order chi connectivity index (χ0) is 18.5. The highest BCUT2D eigenvalue weighted by molar-refractivity contribution is 6.01. The SMILES string of the molecule is C[C@@]12C=CC(=O)C=C1CC[C@@H]1[C@@H]3CC[C@](O)(C(=O)CO)[C@]3(C)C[C@H]3O[C@@]132. The lowest BCUT2D eigenvalue weighted by atomic mass is 9.47. The van der Waals surface area contributed by atoms with E-state index < -0.39 is 23.4 Å². The molecule has 5 heteroatoms. The normalized spacial score (nSPS) is 53.9. The summed E-state index contributed by atoms with van der Waals surface area (Å²) in [6.07, 6.45) is 9.04. The lowest BCUT2D eigenvalue weighted by Crippen LogP contribution is -2.61. The molecule has 4 fully saturated rings. The lowest BCUT2D eigenvalue weighted by Gasteiger charge is -2.55. The van der Waals surface area contributed by atoms with Crippen molar-refractivity contribution in [2.24, 2.45) is 22.7 Å². The van der Waals surface area contributed by atoms with E-state index >= 15 is 0 Å². The van der Waals surface area contributed by atoms with Crippen LogP contribution in [0.5, 0.6) is 0 Å². The van der Waals surface area contributed by atoms with Crippen LogP contribution in [0.1, 0.15) is 46.0 Å². The Balaban J connectivity index is 1.58. The van der Waals surface area contributed by atoms with Gasteiger partial charge in [-0.25, -0.2) is 0 Å². The van der Waals surface area contributed by atoms with Gasteiger partial charge in [-0.2, -0.15) is 0 Å². The minimum Gasteiger partial charge on any atom is -0.388 e. The van der Waals surface area contributed by atoms with Gasteiger partial charge in [-0.3, -0.25) is 9.59 Å². The van der Waals surface area contributed by atoms with E-state index in [9.17, 15) is 19.8 Å². The van der Waals surface area contributed by atoms with Crippen LogP contribution in [0.25, 0.3) is 0 Å². The quantitative estimate of drug-likeness (QED) is 0.734. The summed E-state index contributed by atoms with van der Waals surface area (Å²) in [7, 11) is 0. The summed E-state index contributed by atoms with van der Waals surface area (Å²) in [6, 6.07) is 0. The Morgan fingerprint density at radius 2 is 2.08 bits per heavy atom. The van der Waals surface area contributed by atoms with Crippen molar-refractivity contribution in [2.45, 2.75) is 63.3 Å². The fourth-order valence-electron chi connectivity index (χ4n) is 7.24. The second-order valence-electron chi connectivity index (χ2n) is 9.36. The fourth-order valence-corrected chi connectivity index (χ4v) is 7.24. The van der Waals surface area contributed by atoms with Crippen LogP contribution in [0.3, 0.4) is 0 Å². The second-order valence-corrected chi connectivity index (χ2v) is 9.36. The molecule has 4 aliphatic carbocycles. The van der Waals surface area contributed by atoms with Gasteiger partial charge in [0.2, 0.25) is 0 Å². The number of carbonyl (C=O) groups is 2. The van der Waals surface area contributed by atoms with Crippen molar-refractivity contribution in [1.29, 1.82) is 0 Å². The topological polar surface area (TPSA) is 87.1 Å². The molecule has 0 aromatic rings. The molecular formula is C21H26O5. The molecule has 7 atom stereocenters. The predicted octanol–water partition coefficient (Wildman–Crippen LogP) is 1.72. The van der Waals surface area contributed by atoms with Crippen molar-refractivity contribution in [3.05, 3.63) is 23.8 Å². The van der Waals surface area contributed by atoms with Crippen molar-refractivity contribution >= 4 is 11.6 Å². The first-order chi connectivity index (χ1) is 12.2. The molecule has 0 amide bonds. The molecule has 1 aliphatic heterocycles. The molecule has 140 valence electrons. The van der Waals surface area contributed by atoms with Gasteiger partial charge in [0.05, 0.1) is 6.10 Å². The van der Waals surface area contributed by atoms with Gasteiger partial charge >= 0.3 is 0 Å². The van der Waals surface area contributed by atoms with E-state index in [2.05, 4.69) is 6.92 Å². The zero-order valence-electron chi connectivity index (χ0n) is 15.3. The number of allylic oxidation sites excluding steroid dienone is 2. The van der Waals surface area contributed by atoms with Gasteiger partial charge in [-0.1, -0.05) is 18.6 Å². The molecule has 5 nitrogen and oxygen atoms in total. The van der Waals surface area contributed by atoms with Gasteiger partial charge in [0.1, 0.15) is 17.8 Å². The van der Waals surface area contributed by atoms with Crippen LogP contribution in [0, 0.1) is 22.7 Å². The van der Waals surface area contributed by atoms with Crippen LogP contribution in [0.2, 0.25) is 0 Å². The first-order valence-electron chi connectivity index (χ1n) is 9.71. The zero-order valence-corrected chi connectivity index (χ0v) is 15.3. The van der Waals surface area contributed by atoms with Crippen molar-refractivity contribution in [2.75, 3.05) is 6.61 Å². The van der Waals surface area contributed by atoms with Crippen LogP contribution in [-0.2, 0) is 14.3 Å². The summed E-state index contributed by atoms with van der Waals surface area (Å²) < 4.78 is 6.40. The Labute approximate surface area is 153 Å². The number of Topliss-reactive ketones (excluding diaryl/α,β-unsaturated/α-hetero) is 1. The number of rotatable bonds is 2. The molecule has 1 spiro atoms. The summed E-state index contributed by atoms with van der Waals surface area (Å²) in [5.74, 6) is 0.0355. The number of aliphatic hydroxyl groups excluding tert-OH is 1. The number of hydrogen-bond acceptors (Lipinski definition) is 5. The second kappa shape index (κ2) is 4.75. The van der Waals surface area contributed by atoms with E-state index in [0.29, 0.717) is 12.8 Å². The smallest absolute Gasteiger partial charge is 0.190 e. The number of ether oxygens (including phenoxy) is 1. The molecule has 3 saturated carbocycles. The lowest BCUT2D eigenvalue weighted by molar-refractivity contribution is -0.159. The average molecular weight is 358 g/mol. The highest BCUT2D eigenvalue weighted by atomic mass is 16.6. The summed E-state index contributed by atoms with van der Waals surface area (Å²) in [6.45, 7) is 3.57. The minimum atomic E-state index is -1.46. The molecule has 5 rings (SSSR count). The van der Waals surface area contributed by atoms with Crippen LogP contribution < -0.4 is 0 Å². The maximum atomic E-state index is 12.4. The molecule has 0 radical (unpaired) electrons.